The number of rotatable bonds is 4. The molecular formula is C14H16Br2O6. The van der Waals surface area contributed by atoms with E-state index in [1.165, 1.54) is 0 Å². The number of ketones is 2. The SMILES string of the molecule is CCOC.CCOC(=O)C1=C(Br)C(=O)C(C=O)=C(Br)CC1=O. The van der Waals surface area contributed by atoms with E-state index < -0.39 is 17.5 Å². The summed E-state index contributed by atoms with van der Waals surface area (Å²) in [7, 11) is 1.68. The number of esters is 1. The van der Waals surface area contributed by atoms with Crippen LogP contribution in [0.4, 0.5) is 0 Å². The van der Waals surface area contributed by atoms with Crippen LogP contribution in [0, 0.1) is 0 Å². The van der Waals surface area contributed by atoms with E-state index in [-0.39, 0.29) is 33.1 Å². The molecule has 1 aliphatic carbocycles. The van der Waals surface area contributed by atoms with Crippen LogP contribution >= 0.6 is 31.9 Å². The van der Waals surface area contributed by atoms with Crippen LogP contribution in [0.3, 0.4) is 0 Å². The Hall–Kier alpha value is -1.12. The smallest absolute Gasteiger partial charge is 0.343 e. The van der Waals surface area contributed by atoms with E-state index in [0.717, 1.165) is 6.61 Å². The van der Waals surface area contributed by atoms with Crippen LogP contribution in [0.2, 0.25) is 0 Å². The lowest BCUT2D eigenvalue weighted by atomic mass is 10.1. The maximum absolute atomic E-state index is 11.9. The highest BCUT2D eigenvalue weighted by Crippen LogP contribution is 2.29. The van der Waals surface area contributed by atoms with Gasteiger partial charge in [0, 0.05) is 24.6 Å². The number of halogens is 2. The molecule has 8 heteroatoms. The van der Waals surface area contributed by atoms with Crippen LogP contribution in [-0.4, -0.2) is 44.1 Å². The molecule has 0 aromatic rings. The van der Waals surface area contributed by atoms with Crippen molar-refractivity contribution in [1.82, 2.24) is 0 Å². The first-order chi connectivity index (χ1) is 10.3. The molecule has 0 aliphatic heterocycles. The van der Waals surface area contributed by atoms with Gasteiger partial charge in [0.05, 0.1) is 16.7 Å². The molecule has 22 heavy (non-hydrogen) atoms. The number of Topliss-reactive ketones (excluding diaryl/α,β-unsaturated/α-hetero) is 2. The minimum Gasteiger partial charge on any atom is -0.462 e. The van der Waals surface area contributed by atoms with Gasteiger partial charge < -0.3 is 9.47 Å². The van der Waals surface area contributed by atoms with Gasteiger partial charge in [-0.1, -0.05) is 15.9 Å². The summed E-state index contributed by atoms with van der Waals surface area (Å²) in [4.78, 5) is 46.1. The van der Waals surface area contributed by atoms with Crippen molar-refractivity contribution in [2.45, 2.75) is 20.3 Å². The molecule has 0 aromatic carbocycles. The van der Waals surface area contributed by atoms with Crippen molar-refractivity contribution in [3.8, 4) is 0 Å². The second-order valence-corrected chi connectivity index (χ2v) is 5.60. The van der Waals surface area contributed by atoms with Crippen molar-refractivity contribution in [1.29, 1.82) is 0 Å². The highest BCUT2D eigenvalue weighted by atomic mass is 79.9. The molecule has 1 aliphatic rings. The zero-order valence-corrected chi connectivity index (χ0v) is 15.6. The summed E-state index contributed by atoms with van der Waals surface area (Å²) < 4.78 is 9.16. The van der Waals surface area contributed by atoms with E-state index in [4.69, 9.17) is 4.74 Å². The highest BCUT2D eigenvalue weighted by molar-refractivity contribution is 9.12. The van der Waals surface area contributed by atoms with Crippen LogP contribution < -0.4 is 0 Å². The number of hydrogen-bond donors (Lipinski definition) is 0. The summed E-state index contributed by atoms with van der Waals surface area (Å²) in [5.41, 5.74) is -0.551. The number of aldehydes is 1. The molecule has 0 N–H and O–H groups in total. The van der Waals surface area contributed by atoms with Gasteiger partial charge >= 0.3 is 5.97 Å². The molecule has 0 saturated heterocycles. The van der Waals surface area contributed by atoms with Crippen molar-refractivity contribution in [3.63, 3.8) is 0 Å². The third-order valence-corrected chi connectivity index (χ3v) is 3.90. The monoisotopic (exact) mass is 438 g/mol. The van der Waals surface area contributed by atoms with Crippen molar-refractivity contribution < 1.29 is 28.7 Å². The molecule has 0 amide bonds. The van der Waals surface area contributed by atoms with Gasteiger partial charge in [0.15, 0.2) is 12.1 Å². The number of methoxy groups -OCH3 is 1. The second-order valence-electron chi connectivity index (χ2n) is 3.85. The quantitative estimate of drug-likeness (QED) is 0.379. The fourth-order valence-electron chi connectivity index (χ4n) is 1.33. The molecule has 0 atom stereocenters. The average molecular weight is 440 g/mol. The fraction of sp³-hybridized carbons (Fsp3) is 0.429. The Morgan fingerprint density at radius 3 is 2.18 bits per heavy atom. The van der Waals surface area contributed by atoms with Crippen molar-refractivity contribution >= 4 is 55.7 Å². The molecule has 0 unspecified atom stereocenters. The Balaban J connectivity index is 0.000000980. The van der Waals surface area contributed by atoms with Gasteiger partial charge in [-0.2, -0.15) is 0 Å². The lowest BCUT2D eigenvalue weighted by Gasteiger charge is -2.05. The van der Waals surface area contributed by atoms with E-state index in [1.807, 2.05) is 6.92 Å². The molecule has 0 bridgehead atoms. The Bertz CT molecular complexity index is 531. The van der Waals surface area contributed by atoms with Gasteiger partial charge in [0.25, 0.3) is 0 Å². The molecule has 0 aromatic heterocycles. The van der Waals surface area contributed by atoms with E-state index >= 15 is 0 Å². The van der Waals surface area contributed by atoms with Crippen molar-refractivity contribution in [3.05, 3.63) is 20.1 Å². The van der Waals surface area contributed by atoms with Gasteiger partial charge in [-0.15, -0.1) is 0 Å². The largest absolute Gasteiger partial charge is 0.462 e. The lowest BCUT2D eigenvalue weighted by molar-refractivity contribution is -0.140. The first kappa shape index (κ1) is 20.9. The van der Waals surface area contributed by atoms with Gasteiger partial charge in [0.2, 0.25) is 5.78 Å². The Labute approximate surface area is 145 Å². The maximum Gasteiger partial charge on any atom is 0.343 e. The topological polar surface area (TPSA) is 86.7 Å². The molecule has 0 fully saturated rings. The van der Waals surface area contributed by atoms with Gasteiger partial charge in [0.1, 0.15) is 5.57 Å². The first-order valence-corrected chi connectivity index (χ1v) is 7.91. The van der Waals surface area contributed by atoms with E-state index in [9.17, 15) is 19.2 Å². The minimum absolute atomic E-state index is 0.0826. The van der Waals surface area contributed by atoms with Crippen LogP contribution in [0.5, 0.6) is 0 Å². The van der Waals surface area contributed by atoms with Crippen LogP contribution in [-0.2, 0) is 28.7 Å². The van der Waals surface area contributed by atoms with Crippen molar-refractivity contribution in [2.75, 3.05) is 20.3 Å². The standard InChI is InChI=1S/C11H8Br2O5.C3H8O/c1-2-18-11(17)8-7(15)3-6(12)5(4-14)10(16)9(8)13;1-3-4-2/h4H,2-3H2,1H3;3H2,1-2H3. The van der Waals surface area contributed by atoms with E-state index in [1.54, 1.807) is 14.0 Å². The van der Waals surface area contributed by atoms with E-state index in [0.29, 0.717) is 6.29 Å². The first-order valence-electron chi connectivity index (χ1n) is 6.33. The second kappa shape index (κ2) is 10.6. The third kappa shape index (κ3) is 5.58. The Kier molecular flexibility index (Phi) is 10.0. The summed E-state index contributed by atoms with van der Waals surface area (Å²) in [6, 6.07) is 0. The van der Waals surface area contributed by atoms with Crippen LogP contribution in [0.15, 0.2) is 20.1 Å². The number of carbonyl (C=O) groups is 4. The Morgan fingerprint density at radius 2 is 1.77 bits per heavy atom. The predicted octanol–water partition coefficient (Wildman–Crippen LogP) is 2.24. The molecule has 0 spiro atoms. The number of ether oxygens (including phenoxy) is 2. The number of hydrogen-bond acceptors (Lipinski definition) is 6. The van der Waals surface area contributed by atoms with E-state index in [2.05, 4.69) is 36.6 Å². The summed E-state index contributed by atoms with van der Waals surface area (Å²) in [5.74, 6) is -2.18. The molecular weight excluding hydrogens is 424 g/mol. The molecule has 122 valence electrons. The zero-order chi connectivity index (χ0) is 17.3. The molecule has 0 saturated carbocycles. The average Bonchev–Trinajstić information content (AvgIpc) is 2.55. The fourth-order valence-corrected chi connectivity index (χ4v) is 2.45. The zero-order valence-electron chi connectivity index (χ0n) is 12.4. The van der Waals surface area contributed by atoms with Gasteiger partial charge in [-0.3, -0.25) is 14.4 Å². The van der Waals surface area contributed by atoms with Gasteiger partial charge in [-0.05, 0) is 29.8 Å². The molecule has 0 heterocycles. The third-order valence-electron chi connectivity index (χ3n) is 2.44. The normalized spacial score (nSPS) is 15.1. The van der Waals surface area contributed by atoms with Crippen molar-refractivity contribution in [2.24, 2.45) is 0 Å². The predicted molar refractivity (Wildman–Crippen MR) is 86.8 cm³/mol. The number of allylic oxidation sites excluding steroid dienone is 3. The summed E-state index contributed by atoms with van der Waals surface area (Å²) in [5, 5.41) is 0. The Morgan fingerprint density at radius 1 is 1.23 bits per heavy atom. The molecule has 6 nitrogen and oxygen atoms in total. The van der Waals surface area contributed by atoms with Gasteiger partial charge in [-0.25, -0.2) is 4.79 Å². The summed E-state index contributed by atoms with van der Waals surface area (Å²) in [6.45, 7) is 4.44. The minimum atomic E-state index is -0.879. The highest BCUT2D eigenvalue weighted by Gasteiger charge is 2.32. The molecule has 0 radical (unpaired) electrons. The van der Waals surface area contributed by atoms with Crippen LogP contribution in [0.1, 0.15) is 20.3 Å². The summed E-state index contributed by atoms with van der Waals surface area (Å²) >= 11 is 5.88. The number of carbonyl (C=O) groups excluding carboxylic acids is 4. The lowest BCUT2D eigenvalue weighted by Crippen LogP contribution is -2.18. The maximum atomic E-state index is 11.9. The summed E-state index contributed by atoms with van der Waals surface area (Å²) in [6.07, 6.45) is 0.109. The molecule has 1 rings (SSSR count). The van der Waals surface area contributed by atoms with Crippen LogP contribution in [0.25, 0.3) is 0 Å².